The van der Waals surface area contributed by atoms with Crippen LogP contribution < -0.4 is 5.32 Å². The van der Waals surface area contributed by atoms with Gasteiger partial charge < -0.3 is 5.32 Å². The van der Waals surface area contributed by atoms with E-state index in [0.717, 1.165) is 16.8 Å². The summed E-state index contributed by atoms with van der Waals surface area (Å²) in [5.41, 5.74) is 3.57. The topological polar surface area (TPSA) is 64.7 Å². The van der Waals surface area contributed by atoms with Crippen molar-refractivity contribution in [2.24, 2.45) is 0 Å². The second-order valence-corrected chi connectivity index (χ2v) is 9.45. The molecule has 0 aliphatic carbocycles. The SMILES string of the molecule is O=C(Nc1nn(Cc2ccc(Cl)cc2Cl)cc1Br)c1cn(-c2ccccc2)nc1-c1ccccc1. The van der Waals surface area contributed by atoms with Crippen LogP contribution in [0.2, 0.25) is 10.0 Å². The fourth-order valence-corrected chi connectivity index (χ4v) is 4.51. The van der Waals surface area contributed by atoms with E-state index < -0.39 is 0 Å². The van der Waals surface area contributed by atoms with E-state index in [1.165, 1.54) is 0 Å². The van der Waals surface area contributed by atoms with Gasteiger partial charge in [-0.05, 0) is 45.8 Å². The molecule has 0 saturated heterocycles. The number of amides is 1. The molecule has 174 valence electrons. The molecule has 1 N–H and O–H groups in total. The molecule has 0 bridgehead atoms. The summed E-state index contributed by atoms with van der Waals surface area (Å²) in [7, 11) is 0. The van der Waals surface area contributed by atoms with E-state index in [4.69, 9.17) is 28.3 Å². The maximum absolute atomic E-state index is 13.4. The highest BCUT2D eigenvalue weighted by Crippen LogP contribution is 2.27. The Labute approximate surface area is 220 Å². The molecule has 0 radical (unpaired) electrons. The third kappa shape index (κ3) is 5.17. The van der Waals surface area contributed by atoms with Gasteiger partial charge in [0.1, 0.15) is 5.69 Å². The molecule has 0 unspecified atom stereocenters. The van der Waals surface area contributed by atoms with Crippen molar-refractivity contribution < 1.29 is 4.79 Å². The quantitative estimate of drug-likeness (QED) is 0.238. The fraction of sp³-hybridized carbons (Fsp3) is 0.0385. The molecule has 0 spiro atoms. The molecule has 2 heterocycles. The number of anilines is 1. The van der Waals surface area contributed by atoms with Crippen molar-refractivity contribution in [2.45, 2.75) is 6.54 Å². The monoisotopic (exact) mass is 565 g/mol. The number of carbonyl (C=O) groups excluding carboxylic acids is 1. The van der Waals surface area contributed by atoms with Gasteiger partial charge in [-0.15, -0.1) is 0 Å². The summed E-state index contributed by atoms with van der Waals surface area (Å²) in [6.45, 7) is 0.422. The number of hydrogen-bond acceptors (Lipinski definition) is 3. The summed E-state index contributed by atoms with van der Waals surface area (Å²) in [5, 5.41) is 13.3. The summed E-state index contributed by atoms with van der Waals surface area (Å²) in [6, 6.07) is 24.6. The highest BCUT2D eigenvalue weighted by atomic mass is 79.9. The van der Waals surface area contributed by atoms with Gasteiger partial charge >= 0.3 is 0 Å². The molecule has 3 aromatic carbocycles. The number of hydrogen-bond donors (Lipinski definition) is 1. The van der Waals surface area contributed by atoms with E-state index in [1.54, 1.807) is 33.9 Å². The Bertz CT molecular complexity index is 1500. The number of benzene rings is 3. The number of nitrogens with zero attached hydrogens (tertiary/aromatic N) is 4. The molecule has 2 aromatic heterocycles. The minimum absolute atomic E-state index is 0.318. The molecule has 5 rings (SSSR count). The van der Waals surface area contributed by atoms with Crippen molar-refractivity contribution in [3.63, 3.8) is 0 Å². The molecule has 35 heavy (non-hydrogen) atoms. The Kier molecular flexibility index (Phi) is 6.72. The van der Waals surface area contributed by atoms with Gasteiger partial charge in [-0.2, -0.15) is 10.2 Å². The number of carbonyl (C=O) groups is 1. The van der Waals surface area contributed by atoms with Crippen LogP contribution in [0.1, 0.15) is 15.9 Å². The molecule has 0 atom stereocenters. The lowest BCUT2D eigenvalue weighted by molar-refractivity contribution is 0.102. The van der Waals surface area contributed by atoms with Crippen molar-refractivity contribution in [3.8, 4) is 16.9 Å². The van der Waals surface area contributed by atoms with Crippen LogP contribution >= 0.6 is 39.1 Å². The lowest BCUT2D eigenvalue weighted by atomic mass is 10.1. The summed E-state index contributed by atoms with van der Waals surface area (Å²) in [6.07, 6.45) is 3.51. The highest BCUT2D eigenvalue weighted by Gasteiger charge is 2.21. The van der Waals surface area contributed by atoms with Crippen LogP contribution in [-0.2, 0) is 6.54 Å². The lowest BCUT2D eigenvalue weighted by Gasteiger charge is -2.05. The average Bonchev–Trinajstić information content (AvgIpc) is 3.46. The molecule has 0 aliphatic heterocycles. The largest absolute Gasteiger partial charge is 0.304 e. The third-order valence-corrected chi connectivity index (χ3v) is 6.49. The minimum atomic E-state index is -0.318. The minimum Gasteiger partial charge on any atom is -0.304 e. The molecular weight excluding hydrogens is 549 g/mol. The van der Waals surface area contributed by atoms with Crippen LogP contribution in [0.25, 0.3) is 16.9 Å². The van der Waals surface area contributed by atoms with Crippen molar-refractivity contribution in [2.75, 3.05) is 5.32 Å². The normalized spacial score (nSPS) is 10.9. The second kappa shape index (κ2) is 10.1. The van der Waals surface area contributed by atoms with Gasteiger partial charge in [0.05, 0.1) is 22.3 Å². The first-order valence-corrected chi connectivity index (χ1v) is 12.2. The van der Waals surface area contributed by atoms with Gasteiger partial charge in [-0.25, -0.2) is 4.68 Å². The maximum Gasteiger partial charge on any atom is 0.260 e. The van der Waals surface area contributed by atoms with E-state index in [2.05, 4.69) is 26.3 Å². The predicted molar refractivity (Wildman–Crippen MR) is 142 cm³/mol. The number of aromatic nitrogens is 4. The number of halogens is 3. The Morgan fingerprint density at radius 1 is 0.914 bits per heavy atom. The first-order chi connectivity index (χ1) is 17.0. The third-order valence-electron chi connectivity index (χ3n) is 5.32. The Balaban J connectivity index is 1.44. The summed E-state index contributed by atoms with van der Waals surface area (Å²) in [5.74, 6) is 0.0769. The number of rotatable bonds is 6. The van der Waals surface area contributed by atoms with E-state index in [-0.39, 0.29) is 5.91 Å². The average molecular weight is 567 g/mol. The zero-order valence-corrected chi connectivity index (χ0v) is 21.3. The number of para-hydroxylation sites is 1. The van der Waals surface area contributed by atoms with Crippen LogP contribution in [-0.4, -0.2) is 25.5 Å². The van der Waals surface area contributed by atoms with Crippen LogP contribution in [0.4, 0.5) is 5.82 Å². The lowest BCUT2D eigenvalue weighted by Crippen LogP contribution is -2.13. The first-order valence-electron chi connectivity index (χ1n) is 10.7. The standard InChI is InChI=1S/C26H18BrCl2N5O/c27-22-16-33(14-18-11-12-19(28)13-23(18)29)32-25(22)30-26(35)21-15-34(20-9-5-2-6-10-20)31-24(21)17-7-3-1-4-8-17/h1-13,15-16H,14H2,(H,30,32,35). The van der Waals surface area contributed by atoms with E-state index in [9.17, 15) is 4.79 Å². The first kappa shape index (κ1) is 23.4. The molecule has 5 aromatic rings. The fourth-order valence-electron chi connectivity index (χ4n) is 3.62. The zero-order chi connectivity index (χ0) is 24.4. The van der Waals surface area contributed by atoms with Crippen LogP contribution in [0, 0.1) is 0 Å². The Morgan fingerprint density at radius 2 is 1.63 bits per heavy atom. The molecule has 0 aliphatic rings. The van der Waals surface area contributed by atoms with Gasteiger partial charge in [0, 0.05) is 28.0 Å². The summed E-state index contributed by atoms with van der Waals surface area (Å²) < 4.78 is 4.04. The van der Waals surface area contributed by atoms with Crippen LogP contribution in [0.3, 0.4) is 0 Å². The molecular formula is C26H18BrCl2N5O. The molecule has 0 saturated carbocycles. The zero-order valence-electron chi connectivity index (χ0n) is 18.2. The van der Waals surface area contributed by atoms with Gasteiger partial charge in [-0.1, -0.05) is 77.8 Å². The van der Waals surface area contributed by atoms with Gasteiger partial charge in [0.25, 0.3) is 5.91 Å². The van der Waals surface area contributed by atoms with Crippen molar-refractivity contribution in [1.82, 2.24) is 19.6 Å². The maximum atomic E-state index is 13.4. The van der Waals surface area contributed by atoms with Gasteiger partial charge in [0.2, 0.25) is 0 Å². The Hall–Kier alpha value is -3.39. The summed E-state index contributed by atoms with van der Waals surface area (Å²) in [4.78, 5) is 13.4. The van der Waals surface area contributed by atoms with Crippen molar-refractivity contribution in [3.05, 3.63) is 117 Å². The van der Waals surface area contributed by atoms with E-state index in [0.29, 0.717) is 38.1 Å². The molecule has 6 nitrogen and oxygen atoms in total. The van der Waals surface area contributed by atoms with Crippen LogP contribution in [0.5, 0.6) is 0 Å². The van der Waals surface area contributed by atoms with Crippen molar-refractivity contribution in [1.29, 1.82) is 0 Å². The van der Waals surface area contributed by atoms with E-state index in [1.807, 2.05) is 66.7 Å². The Morgan fingerprint density at radius 3 is 2.34 bits per heavy atom. The predicted octanol–water partition coefficient (Wildman–Crippen LogP) is 7.11. The summed E-state index contributed by atoms with van der Waals surface area (Å²) >= 11 is 15.8. The molecule has 0 fully saturated rings. The van der Waals surface area contributed by atoms with Crippen LogP contribution in [0.15, 0.2) is 95.7 Å². The molecule has 1 amide bonds. The molecule has 9 heteroatoms. The number of nitrogens with one attached hydrogen (secondary N) is 1. The second-order valence-electron chi connectivity index (χ2n) is 7.75. The van der Waals surface area contributed by atoms with Gasteiger partial charge in [0.15, 0.2) is 5.82 Å². The van der Waals surface area contributed by atoms with Crippen molar-refractivity contribution >= 4 is 50.9 Å². The highest BCUT2D eigenvalue weighted by molar-refractivity contribution is 9.10. The van der Waals surface area contributed by atoms with E-state index >= 15 is 0 Å². The smallest absolute Gasteiger partial charge is 0.260 e. The van der Waals surface area contributed by atoms with Gasteiger partial charge in [-0.3, -0.25) is 9.48 Å².